The molecule has 1 aliphatic carbocycles. The summed E-state index contributed by atoms with van der Waals surface area (Å²) in [4.78, 5) is 10.1. The van der Waals surface area contributed by atoms with Gasteiger partial charge in [-0.05, 0) is 0 Å². The minimum absolute atomic E-state index is 0.0394. The molecule has 0 aromatic rings. The molecule has 0 unspecified atom stereocenters. The molecule has 4 heteroatoms. The normalized spacial score (nSPS) is 41.8. The van der Waals surface area contributed by atoms with Gasteiger partial charge in [-0.2, -0.15) is 0 Å². The number of aliphatic hydroxyl groups is 2. The number of aliphatic carboxylic acids is 1. The van der Waals surface area contributed by atoms with Crippen molar-refractivity contribution in [3.63, 3.8) is 0 Å². The number of hydrogen-bond donors (Lipinski definition) is 3. The van der Waals surface area contributed by atoms with Gasteiger partial charge in [0.05, 0.1) is 6.10 Å². The largest absolute Gasteiger partial charge is 0.479 e. The summed E-state index contributed by atoms with van der Waals surface area (Å²) in [7, 11) is 0. The van der Waals surface area contributed by atoms with Gasteiger partial charge in [-0.3, -0.25) is 0 Å². The lowest BCUT2D eigenvalue weighted by Crippen LogP contribution is -2.53. The first-order chi connectivity index (χ1) is 4.04. The molecule has 0 aliphatic heterocycles. The lowest BCUT2D eigenvalue weighted by atomic mass is 9.78. The van der Waals surface area contributed by atoms with Crippen LogP contribution >= 0.6 is 0 Å². The molecule has 0 atom stereocenters. The summed E-state index contributed by atoms with van der Waals surface area (Å²) in [6.07, 6.45) is -0.712. The van der Waals surface area contributed by atoms with Gasteiger partial charge in [-0.25, -0.2) is 4.79 Å². The SMILES string of the molecule is O=C(O)[C@]1(O)C[C@@H](O)C1. The Bertz CT molecular complexity index is 136. The van der Waals surface area contributed by atoms with E-state index in [2.05, 4.69) is 0 Å². The van der Waals surface area contributed by atoms with Crippen LogP contribution in [0.3, 0.4) is 0 Å². The Morgan fingerprint density at radius 3 is 2.11 bits per heavy atom. The van der Waals surface area contributed by atoms with E-state index < -0.39 is 17.7 Å². The van der Waals surface area contributed by atoms with Crippen molar-refractivity contribution in [1.29, 1.82) is 0 Å². The highest BCUT2D eigenvalue weighted by Gasteiger charge is 2.48. The lowest BCUT2D eigenvalue weighted by Gasteiger charge is -2.36. The summed E-state index contributed by atoms with van der Waals surface area (Å²) < 4.78 is 0. The molecule has 52 valence electrons. The van der Waals surface area contributed by atoms with Gasteiger partial charge >= 0.3 is 5.97 Å². The Hall–Kier alpha value is -0.610. The molecular formula is C5H8O4. The number of carboxylic acid groups (broad SMARTS) is 1. The average Bonchev–Trinajstić information content (AvgIpc) is 1.62. The highest BCUT2D eigenvalue weighted by molar-refractivity contribution is 5.78. The minimum Gasteiger partial charge on any atom is -0.479 e. The molecule has 0 aromatic carbocycles. The van der Waals surface area contributed by atoms with Crippen molar-refractivity contribution in [2.75, 3.05) is 0 Å². The van der Waals surface area contributed by atoms with E-state index in [1.54, 1.807) is 0 Å². The van der Waals surface area contributed by atoms with Crippen molar-refractivity contribution in [2.45, 2.75) is 24.5 Å². The topological polar surface area (TPSA) is 77.8 Å². The molecule has 0 radical (unpaired) electrons. The molecular weight excluding hydrogens is 124 g/mol. The Morgan fingerprint density at radius 1 is 1.56 bits per heavy atom. The van der Waals surface area contributed by atoms with Crippen LogP contribution in [0.15, 0.2) is 0 Å². The molecule has 4 nitrogen and oxygen atoms in total. The number of carbonyl (C=O) groups is 1. The molecule has 3 N–H and O–H groups in total. The van der Waals surface area contributed by atoms with Crippen LogP contribution in [0.2, 0.25) is 0 Å². The monoisotopic (exact) mass is 132 g/mol. The van der Waals surface area contributed by atoms with Crippen molar-refractivity contribution < 1.29 is 20.1 Å². The molecule has 0 bridgehead atoms. The average molecular weight is 132 g/mol. The smallest absolute Gasteiger partial charge is 0.335 e. The fraction of sp³-hybridized carbons (Fsp3) is 0.800. The van der Waals surface area contributed by atoms with Crippen molar-refractivity contribution >= 4 is 5.97 Å². The molecule has 0 spiro atoms. The molecule has 0 heterocycles. The van der Waals surface area contributed by atoms with Gasteiger partial charge in [-0.1, -0.05) is 0 Å². The maximum atomic E-state index is 10.1. The fourth-order valence-corrected chi connectivity index (χ4v) is 0.894. The van der Waals surface area contributed by atoms with Crippen LogP contribution in [-0.4, -0.2) is 33.0 Å². The van der Waals surface area contributed by atoms with Gasteiger partial charge in [0, 0.05) is 12.8 Å². The zero-order chi connectivity index (χ0) is 7.07. The predicted molar refractivity (Wildman–Crippen MR) is 27.8 cm³/mol. The van der Waals surface area contributed by atoms with E-state index in [0.29, 0.717) is 0 Å². The molecule has 1 saturated carbocycles. The molecule has 1 rings (SSSR count). The second-order valence-corrected chi connectivity index (χ2v) is 2.40. The highest BCUT2D eigenvalue weighted by atomic mass is 16.4. The number of hydrogen-bond acceptors (Lipinski definition) is 3. The fourth-order valence-electron chi connectivity index (χ4n) is 0.894. The first-order valence-corrected chi connectivity index (χ1v) is 2.68. The Morgan fingerprint density at radius 2 is 2.00 bits per heavy atom. The van der Waals surface area contributed by atoms with E-state index in [1.807, 2.05) is 0 Å². The van der Waals surface area contributed by atoms with E-state index in [9.17, 15) is 4.79 Å². The first-order valence-electron chi connectivity index (χ1n) is 2.68. The molecule has 0 aromatic heterocycles. The van der Waals surface area contributed by atoms with Gasteiger partial charge in [0.25, 0.3) is 0 Å². The Kier molecular flexibility index (Phi) is 1.22. The van der Waals surface area contributed by atoms with E-state index in [4.69, 9.17) is 15.3 Å². The summed E-state index contributed by atoms with van der Waals surface area (Å²) in [5.41, 5.74) is -1.64. The molecule has 1 fully saturated rings. The standard InChI is InChI=1S/C5H8O4/c6-3-1-5(9,2-3)4(7)8/h3,6,9H,1-2H2,(H,7,8)/t3-,5+. The summed E-state index contributed by atoms with van der Waals surface area (Å²) in [5, 5.41) is 25.8. The van der Waals surface area contributed by atoms with Crippen LogP contribution in [0.5, 0.6) is 0 Å². The van der Waals surface area contributed by atoms with Gasteiger partial charge in [0.1, 0.15) is 0 Å². The second kappa shape index (κ2) is 1.68. The van der Waals surface area contributed by atoms with Crippen LogP contribution in [0, 0.1) is 0 Å². The lowest BCUT2D eigenvalue weighted by molar-refractivity contribution is -0.181. The zero-order valence-corrected chi connectivity index (χ0v) is 4.74. The van der Waals surface area contributed by atoms with Crippen molar-refractivity contribution in [3.05, 3.63) is 0 Å². The predicted octanol–water partition coefficient (Wildman–Crippen LogP) is -1.04. The van der Waals surface area contributed by atoms with Crippen LogP contribution in [0.1, 0.15) is 12.8 Å². The van der Waals surface area contributed by atoms with Crippen LogP contribution in [-0.2, 0) is 4.79 Å². The highest BCUT2D eigenvalue weighted by Crippen LogP contribution is 2.31. The molecule has 1 aliphatic rings. The van der Waals surface area contributed by atoms with Crippen LogP contribution in [0.25, 0.3) is 0 Å². The summed E-state index contributed by atoms with van der Waals surface area (Å²) in [6.45, 7) is 0. The number of aliphatic hydroxyl groups excluding tert-OH is 1. The zero-order valence-electron chi connectivity index (χ0n) is 4.74. The third-order valence-electron chi connectivity index (χ3n) is 1.54. The van der Waals surface area contributed by atoms with Crippen molar-refractivity contribution in [3.8, 4) is 0 Å². The third-order valence-corrected chi connectivity index (χ3v) is 1.54. The number of carboxylic acids is 1. The Balaban J connectivity index is 2.50. The van der Waals surface area contributed by atoms with Crippen molar-refractivity contribution in [1.82, 2.24) is 0 Å². The minimum atomic E-state index is -1.64. The number of rotatable bonds is 1. The van der Waals surface area contributed by atoms with Gasteiger partial charge in [-0.15, -0.1) is 0 Å². The molecule has 0 saturated heterocycles. The maximum Gasteiger partial charge on any atom is 0.335 e. The van der Waals surface area contributed by atoms with E-state index in [-0.39, 0.29) is 12.8 Å². The third kappa shape index (κ3) is 0.906. The van der Waals surface area contributed by atoms with E-state index >= 15 is 0 Å². The van der Waals surface area contributed by atoms with Gasteiger partial charge in [0.2, 0.25) is 0 Å². The van der Waals surface area contributed by atoms with Crippen molar-refractivity contribution in [2.24, 2.45) is 0 Å². The van der Waals surface area contributed by atoms with Crippen LogP contribution in [0.4, 0.5) is 0 Å². The summed E-state index contributed by atoms with van der Waals surface area (Å²) in [5.74, 6) is -1.24. The first kappa shape index (κ1) is 6.51. The van der Waals surface area contributed by atoms with Gasteiger partial charge in [0.15, 0.2) is 5.60 Å². The van der Waals surface area contributed by atoms with Gasteiger partial charge < -0.3 is 15.3 Å². The quantitative estimate of drug-likeness (QED) is 0.425. The summed E-state index contributed by atoms with van der Waals surface area (Å²) in [6, 6.07) is 0. The maximum absolute atomic E-state index is 10.1. The van der Waals surface area contributed by atoms with E-state index in [1.165, 1.54) is 0 Å². The summed E-state index contributed by atoms with van der Waals surface area (Å²) >= 11 is 0. The molecule has 0 amide bonds. The van der Waals surface area contributed by atoms with E-state index in [0.717, 1.165) is 0 Å². The Labute approximate surface area is 51.7 Å². The second-order valence-electron chi connectivity index (χ2n) is 2.40. The van der Waals surface area contributed by atoms with Crippen LogP contribution < -0.4 is 0 Å². The molecule has 9 heavy (non-hydrogen) atoms.